The van der Waals surface area contributed by atoms with Gasteiger partial charge in [-0.15, -0.1) is 0 Å². The lowest BCUT2D eigenvalue weighted by Crippen LogP contribution is -2.40. The molecule has 2 rings (SSSR count). The Labute approximate surface area is 106 Å². The molecule has 0 radical (unpaired) electrons. The molecule has 5 heteroatoms. The van der Waals surface area contributed by atoms with E-state index in [9.17, 15) is 9.90 Å². The fourth-order valence-corrected chi connectivity index (χ4v) is 2.26. The number of phenolic OH excluding ortho intramolecular Hbond substituents is 1. The Kier molecular flexibility index (Phi) is 3.72. The average molecular weight is 250 g/mol. The molecule has 1 aromatic carbocycles. The first kappa shape index (κ1) is 12.7. The van der Waals surface area contributed by atoms with Crippen molar-refractivity contribution in [2.75, 3.05) is 25.4 Å². The molecule has 1 aromatic rings. The summed E-state index contributed by atoms with van der Waals surface area (Å²) >= 11 is 0. The number of nitrogen functional groups attached to an aromatic ring is 1. The number of aliphatic hydroxyl groups excluding tert-OH is 1. The zero-order valence-corrected chi connectivity index (χ0v) is 10.2. The molecule has 18 heavy (non-hydrogen) atoms. The Hall–Kier alpha value is -1.75. The van der Waals surface area contributed by atoms with Crippen LogP contribution in [0.3, 0.4) is 0 Å². The molecule has 98 valence electrons. The largest absolute Gasteiger partial charge is 0.506 e. The van der Waals surface area contributed by atoms with Gasteiger partial charge < -0.3 is 20.8 Å². The topological polar surface area (TPSA) is 86.8 Å². The van der Waals surface area contributed by atoms with Crippen LogP contribution in [-0.4, -0.2) is 40.7 Å². The van der Waals surface area contributed by atoms with E-state index in [0.717, 1.165) is 12.8 Å². The standard InChI is InChI=1S/C13H18N2O3/c14-11-4-3-10(6-12(11)17)13(18)15-5-1-2-9(7-15)8-16/h3-4,6,9,16-17H,1-2,5,7-8,14H2. The molecule has 0 bridgehead atoms. The molecule has 1 atom stereocenters. The molecular weight excluding hydrogens is 232 g/mol. The Bertz CT molecular complexity index is 448. The second kappa shape index (κ2) is 5.27. The third-order valence-electron chi connectivity index (χ3n) is 3.34. The first-order chi connectivity index (χ1) is 8.61. The number of nitrogens with two attached hydrogens (primary N) is 1. The minimum absolute atomic E-state index is 0.0726. The number of aromatic hydroxyl groups is 1. The molecule has 0 aromatic heterocycles. The number of aliphatic hydroxyl groups is 1. The summed E-state index contributed by atoms with van der Waals surface area (Å²) in [5, 5.41) is 18.7. The third-order valence-corrected chi connectivity index (χ3v) is 3.34. The lowest BCUT2D eigenvalue weighted by molar-refractivity contribution is 0.0620. The molecule has 1 aliphatic rings. The summed E-state index contributed by atoms with van der Waals surface area (Å²) in [5.74, 6) is -0.0369. The Morgan fingerprint density at radius 3 is 2.94 bits per heavy atom. The lowest BCUT2D eigenvalue weighted by atomic mass is 9.98. The molecule has 1 heterocycles. The van der Waals surface area contributed by atoms with E-state index in [1.54, 1.807) is 11.0 Å². The monoisotopic (exact) mass is 250 g/mol. The number of anilines is 1. The van der Waals surface area contributed by atoms with Crippen molar-refractivity contribution in [1.29, 1.82) is 0 Å². The van der Waals surface area contributed by atoms with Gasteiger partial charge in [-0.2, -0.15) is 0 Å². The molecule has 5 nitrogen and oxygen atoms in total. The highest BCUT2D eigenvalue weighted by atomic mass is 16.3. The average Bonchev–Trinajstić information content (AvgIpc) is 2.41. The van der Waals surface area contributed by atoms with E-state index in [-0.39, 0.29) is 29.9 Å². The fourth-order valence-electron chi connectivity index (χ4n) is 2.26. The van der Waals surface area contributed by atoms with E-state index in [2.05, 4.69) is 0 Å². The smallest absolute Gasteiger partial charge is 0.254 e. The highest BCUT2D eigenvalue weighted by Gasteiger charge is 2.24. The molecule has 1 fully saturated rings. The minimum Gasteiger partial charge on any atom is -0.506 e. The summed E-state index contributed by atoms with van der Waals surface area (Å²) < 4.78 is 0. The van der Waals surface area contributed by atoms with Crippen molar-refractivity contribution in [3.05, 3.63) is 23.8 Å². The lowest BCUT2D eigenvalue weighted by Gasteiger charge is -2.32. The third kappa shape index (κ3) is 2.56. The normalized spacial score (nSPS) is 19.8. The molecular formula is C13H18N2O3. The number of piperidine rings is 1. The summed E-state index contributed by atoms with van der Waals surface area (Å²) in [7, 11) is 0. The van der Waals surface area contributed by atoms with Gasteiger partial charge in [-0.3, -0.25) is 4.79 Å². The van der Waals surface area contributed by atoms with Gasteiger partial charge in [-0.05, 0) is 37.0 Å². The number of phenols is 1. The van der Waals surface area contributed by atoms with Crippen LogP contribution >= 0.6 is 0 Å². The zero-order valence-electron chi connectivity index (χ0n) is 10.2. The highest BCUT2D eigenvalue weighted by molar-refractivity contribution is 5.95. The van der Waals surface area contributed by atoms with E-state index in [1.165, 1.54) is 12.1 Å². The van der Waals surface area contributed by atoms with Crippen LogP contribution < -0.4 is 5.73 Å². The predicted molar refractivity (Wildman–Crippen MR) is 68.2 cm³/mol. The van der Waals surface area contributed by atoms with Crippen molar-refractivity contribution in [3.63, 3.8) is 0 Å². The fraction of sp³-hybridized carbons (Fsp3) is 0.462. The van der Waals surface area contributed by atoms with Crippen molar-refractivity contribution in [1.82, 2.24) is 4.90 Å². The maximum absolute atomic E-state index is 12.2. The molecule has 1 unspecified atom stereocenters. The van der Waals surface area contributed by atoms with E-state index in [1.807, 2.05) is 0 Å². The summed E-state index contributed by atoms with van der Waals surface area (Å²) in [6.45, 7) is 1.37. The van der Waals surface area contributed by atoms with Gasteiger partial charge in [-0.25, -0.2) is 0 Å². The molecule has 1 aliphatic heterocycles. The van der Waals surface area contributed by atoms with Crippen molar-refractivity contribution in [2.24, 2.45) is 5.92 Å². The first-order valence-electron chi connectivity index (χ1n) is 6.10. The van der Waals surface area contributed by atoms with Crippen molar-refractivity contribution < 1.29 is 15.0 Å². The number of nitrogens with zero attached hydrogens (tertiary/aromatic N) is 1. The molecule has 1 saturated heterocycles. The number of rotatable bonds is 2. The van der Waals surface area contributed by atoms with Crippen LogP contribution in [0.25, 0.3) is 0 Å². The van der Waals surface area contributed by atoms with Crippen LogP contribution in [0.5, 0.6) is 5.75 Å². The van der Waals surface area contributed by atoms with E-state index in [0.29, 0.717) is 18.7 Å². The minimum atomic E-state index is -0.122. The molecule has 4 N–H and O–H groups in total. The molecule has 0 saturated carbocycles. The number of carbonyl (C=O) groups excluding carboxylic acids is 1. The second-order valence-electron chi connectivity index (χ2n) is 4.72. The number of benzene rings is 1. The van der Waals surface area contributed by atoms with Crippen LogP contribution in [0.1, 0.15) is 23.2 Å². The van der Waals surface area contributed by atoms with Crippen LogP contribution in [-0.2, 0) is 0 Å². The number of likely N-dealkylation sites (tertiary alicyclic amines) is 1. The van der Waals surface area contributed by atoms with Gasteiger partial charge in [0.05, 0.1) is 5.69 Å². The van der Waals surface area contributed by atoms with Gasteiger partial charge in [-0.1, -0.05) is 0 Å². The zero-order chi connectivity index (χ0) is 13.1. The predicted octanol–water partition coefficient (Wildman–Crippen LogP) is 0.819. The van der Waals surface area contributed by atoms with Crippen LogP contribution in [0.2, 0.25) is 0 Å². The van der Waals surface area contributed by atoms with E-state index >= 15 is 0 Å². The number of carbonyl (C=O) groups is 1. The maximum atomic E-state index is 12.2. The number of hydrogen-bond acceptors (Lipinski definition) is 4. The Balaban J connectivity index is 2.12. The molecule has 0 aliphatic carbocycles. The van der Waals surface area contributed by atoms with Crippen molar-refractivity contribution >= 4 is 11.6 Å². The number of amides is 1. The maximum Gasteiger partial charge on any atom is 0.254 e. The summed E-state index contributed by atoms with van der Waals surface area (Å²) in [6.07, 6.45) is 1.85. The Morgan fingerprint density at radius 1 is 1.50 bits per heavy atom. The van der Waals surface area contributed by atoms with Crippen LogP contribution in [0.15, 0.2) is 18.2 Å². The van der Waals surface area contributed by atoms with Gasteiger partial charge in [0.15, 0.2) is 0 Å². The summed E-state index contributed by atoms with van der Waals surface area (Å²) in [5.41, 5.74) is 6.20. The Morgan fingerprint density at radius 2 is 2.28 bits per heavy atom. The quantitative estimate of drug-likeness (QED) is 0.535. The van der Waals surface area contributed by atoms with Crippen LogP contribution in [0, 0.1) is 5.92 Å². The first-order valence-corrected chi connectivity index (χ1v) is 6.10. The number of hydrogen-bond donors (Lipinski definition) is 3. The SMILES string of the molecule is Nc1ccc(C(=O)N2CCCC(CO)C2)cc1O. The highest BCUT2D eigenvalue weighted by Crippen LogP contribution is 2.23. The van der Waals surface area contributed by atoms with Crippen LogP contribution in [0.4, 0.5) is 5.69 Å². The van der Waals surface area contributed by atoms with Crippen molar-refractivity contribution in [3.8, 4) is 5.75 Å². The van der Waals surface area contributed by atoms with Gasteiger partial charge in [0.1, 0.15) is 5.75 Å². The second-order valence-corrected chi connectivity index (χ2v) is 4.72. The molecule has 0 spiro atoms. The van der Waals surface area contributed by atoms with E-state index < -0.39 is 0 Å². The summed E-state index contributed by atoms with van der Waals surface area (Å²) in [4.78, 5) is 13.9. The van der Waals surface area contributed by atoms with Gasteiger partial charge in [0.25, 0.3) is 5.91 Å². The summed E-state index contributed by atoms with van der Waals surface area (Å²) in [6, 6.07) is 4.52. The van der Waals surface area contributed by atoms with Crippen molar-refractivity contribution in [2.45, 2.75) is 12.8 Å². The molecule has 1 amide bonds. The van der Waals surface area contributed by atoms with E-state index in [4.69, 9.17) is 10.8 Å². The van der Waals surface area contributed by atoms with Gasteiger partial charge in [0, 0.05) is 25.3 Å². The van der Waals surface area contributed by atoms with Gasteiger partial charge >= 0.3 is 0 Å². The van der Waals surface area contributed by atoms with Gasteiger partial charge in [0.2, 0.25) is 0 Å².